The van der Waals surface area contributed by atoms with Crippen molar-refractivity contribution in [3.8, 4) is 5.75 Å². The van der Waals surface area contributed by atoms with Crippen molar-refractivity contribution in [2.75, 3.05) is 64.5 Å². The molecule has 2 heterocycles. The molecule has 1 saturated carbocycles. The maximum Gasteiger partial charge on any atom is 0.284 e. The Morgan fingerprint density at radius 3 is 2.62 bits per heavy atom. The Hall–Kier alpha value is -2.47. The summed E-state index contributed by atoms with van der Waals surface area (Å²) in [5.41, 5.74) is 3.69. The lowest BCUT2D eigenvalue weighted by atomic mass is 9.70. The van der Waals surface area contributed by atoms with E-state index in [1.807, 2.05) is 31.2 Å². The van der Waals surface area contributed by atoms with Gasteiger partial charge in [0.1, 0.15) is 5.75 Å². The third-order valence-electron chi connectivity index (χ3n) is 9.47. The van der Waals surface area contributed by atoms with Gasteiger partial charge in [-0.05, 0) is 91.3 Å². The fourth-order valence-electron chi connectivity index (χ4n) is 6.65. The molecule has 2 bridgehead atoms. The van der Waals surface area contributed by atoms with Gasteiger partial charge in [-0.1, -0.05) is 36.7 Å². The average molecular weight is 689 g/mol. The first-order valence-electron chi connectivity index (χ1n) is 16.8. The molecule has 47 heavy (non-hydrogen) atoms. The Labute approximate surface area is 286 Å². The number of hydrogen-bond donors (Lipinski definition) is 1. The number of carbonyl (C=O) groups is 1. The van der Waals surface area contributed by atoms with Gasteiger partial charge >= 0.3 is 0 Å². The third kappa shape index (κ3) is 9.80. The number of aryl methyl sites for hydroxylation is 1. The Kier molecular flexibility index (Phi) is 13.6. The van der Waals surface area contributed by atoms with Gasteiger partial charge < -0.3 is 28.6 Å². The molecule has 2 aromatic rings. The molecular weight excluding hydrogens is 640 g/mol. The van der Waals surface area contributed by atoms with Crippen LogP contribution in [-0.4, -0.2) is 81.9 Å². The van der Waals surface area contributed by atoms with Gasteiger partial charge in [0.15, 0.2) is 0 Å². The number of methoxy groups -OCH3 is 2. The van der Waals surface area contributed by atoms with Crippen LogP contribution in [0.15, 0.2) is 52.9 Å². The first kappa shape index (κ1) is 35.8. The van der Waals surface area contributed by atoms with E-state index in [0.717, 1.165) is 55.1 Å². The molecule has 6 atom stereocenters. The van der Waals surface area contributed by atoms with Crippen molar-refractivity contribution in [2.24, 2.45) is 22.1 Å². The van der Waals surface area contributed by atoms with Gasteiger partial charge in [0.05, 0.1) is 50.9 Å². The molecular formula is C36H49ClN2O7S. The van der Waals surface area contributed by atoms with Gasteiger partial charge in [-0.3, -0.25) is 9.00 Å². The standard InChI is InChI=1S/C36H49ClN2O7S/c1-25-24-47(41)38-36(40)27-9-12-35-32(21-27)39(22-28-7-10-30(37)20-26(28)6-4-5-15-45-35)23-29-8-11-31(29)34(43-3)14-13-33(25)46-19-18-44-17-16-42-2/h7,9-10,12-14,20-21,25,29,31,33-34,47H,4-6,8,11,15-19,22-24H2,1-3H3/b14-13+/t25-,29+,31-,33+,34+/m1/s1. The first-order chi connectivity index (χ1) is 22.9. The number of amides is 1. The Balaban J connectivity index is 1.50. The zero-order valence-corrected chi connectivity index (χ0v) is 29.4. The van der Waals surface area contributed by atoms with Crippen LogP contribution in [0.3, 0.4) is 0 Å². The van der Waals surface area contributed by atoms with Crippen molar-refractivity contribution in [1.82, 2.24) is 0 Å². The summed E-state index contributed by atoms with van der Waals surface area (Å²) in [5.74, 6) is 0.970. The highest BCUT2D eigenvalue weighted by Crippen LogP contribution is 2.42. The minimum atomic E-state index is -2.17. The summed E-state index contributed by atoms with van der Waals surface area (Å²) in [6.45, 7) is 5.75. The Morgan fingerprint density at radius 2 is 1.83 bits per heavy atom. The quantitative estimate of drug-likeness (QED) is 0.200. The number of fused-ring (bicyclic) bond motifs is 3. The van der Waals surface area contributed by atoms with Crippen molar-refractivity contribution in [1.29, 1.82) is 0 Å². The lowest BCUT2D eigenvalue weighted by Crippen LogP contribution is -2.43. The molecule has 11 heteroatoms. The molecule has 258 valence electrons. The topological polar surface area (TPSA) is 95.9 Å². The second kappa shape index (κ2) is 17.8. The number of anilines is 1. The summed E-state index contributed by atoms with van der Waals surface area (Å²) in [6.07, 6.45) is 8.62. The molecule has 1 fully saturated rings. The van der Waals surface area contributed by atoms with E-state index in [9.17, 15) is 9.00 Å². The molecule has 0 saturated heterocycles. The zero-order chi connectivity index (χ0) is 33.2. The van der Waals surface area contributed by atoms with Crippen LogP contribution in [0.1, 0.15) is 54.1 Å². The van der Waals surface area contributed by atoms with E-state index < -0.39 is 16.5 Å². The summed E-state index contributed by atoms with van der Waals surface area (Å²) in [6, 6.07) is 11.6. The van der Waals surface area contributed by atoms with Crippen molar-refractivity contribution in [3.05, 3.63) is 70.3 Å². The van der Waals surface area contributed by atoms with E-state index in [0.29, 0.717) is 57.0 Å². The van der Waals surface area contributed by atoms with E-state index in [2.05, 4.69) is 27.5 Å². The van der Waals surface area contributed by atoms with Crippen LogP contribution in [0.5, 0.6) is 5.75 Å². The second-order valence-corrected chi connectivity index (χ2v) is 14.4. The number of rotatable bonds is 8. The first-order valence-corrected chi connectivity index (χ1v) is 18.5. The number of thiol groups is 1. The molecule has 9 nitrogen and oxygen atoms in total. The number of nitrogens with zero attached hydrogens (tertiary/aromatic N) is 2. The normalized spacial score (nSPS) is 28.0. The van der Waals surface area contributed by atoms with Crippen LogP contribution in [0.25, 0.3) is 0 Å². The molecule has 2 aliphatic heterocycles. The van der Waals surface area contributed by atoms with E-state index in [4.69, 9.17) is 35.3 Å². The third-order valence-corrected chi connectivity index (χ3v) is 11.0. The van der Waals surface area contributed by atoms with Crippen LogP contribution >= 0.6 is 11.6 Å². The summed E-state index contributed by atoms with van der Waals surface area (Å²) in [4.78, 5) is 15.8. The van der Waals surface area contributed by atoms with Crippen LogP contribution in [0, 0.1) is 17.8 Å². The fraction of sp³-hybridized carbons (Fsp3) is 0.583. The highest BCUT2D eigenvalue weighted by Gasteiger charge is 2.38. The predicted octanol–water partition coefficient (Wildman–Crippen LogP) is 6.16. The summed E-state index contributed by atoms with van der Waals surface area (Å²) in [5, 5.41) is 0.732. The maximum atomic E-state index is 13.5. The minimum absolute atomic E-state index is 0.102. The highest BCUT2D eigenvalue weighted by atomic mass is 35.5. The molecule has 0 aromatic heterocycles. The monoisotopic (exact) mass is 688 g/mol. The number of halogens is 1. The molecule has 0 N–H and O–H groups in total. The van der Waals surface area contributed by atoms with Gasteiger partial charge in [0.2, 0.25) is 0 Å². The van der Waals surface area contributed by atoms with Gasteiger partial charge in [-0.15, -0.1) is 0 Å². The molecule has 1 aliphatic carbocycles. The molecule has 1 unspecified atom stereocenters. The van der Waals surface area contributed by atoms with Gasteiger partial charge in [-0.25, -0.2) is 0 Å². The summed E-state index contributed by atoms with van der Waals surface area (Å²) >= 11 is 6.45. The average Bonchev–Trinajstić information content (AvgIpc) is 3.07. The lowest BCUT2D eigenvalue weighted by Gasteiger charge is -2.43. The smallest absolute Gasteiger partial charge is 0.284 e. The fourth-order valence-corrected chi connectivity index (χ4v) is 7.95. The highest BCUT2D eigenvalue weighted by molar-refractivity contribution is 7.75. The van der Waals surface area contributed by atoms with Crippen LogP contribution in [-0.2, 0) is 42.5 Å². The Morgan fingerprint density at radius 1 is 1.00 bits per heavy atom. The number of hydrogen-bond acceptors (Lipinski definition) is 8. The largest absolute Gasteiger partial charge is 0.491 e. The molecule has 0 spiro atoms. The molecule has 1 amide bonds. The summed E-state index contributed by atoms with van der Waals surface area (Å²) in [7, 11) is 1.22. The van der Waals surface area contributed by atoms with Gasteiger partial charge in [0, 0.05) is 54.2 Å². The zero-order valence-electron chi connectivity index (χ0n) is 27.8. The van der Waals surface area contributed by atoms with Crippen molar-refractivity contribution < 1.29 is 32.7 Å². The minimum Gasteiger partial charge on any atom is -0.491 e. The number of carbonyl (C=O) groups excluding carboxylic acids is 1. The molecule has 5 rings (SSSR count). The second-order valence-electron chi connectivity index (χ2n) is 12.7. The maximum absolute atomic E-state index is 13.5. The van der Waals surface area contributed by atoms with Crippen LogP contribution in [0.4, 0.5) is 5.69 Å². The van der Waals surface area contributed by atoms with Crippen molar-refractivity contribution in [2.45, 2.75) is 57.8 Å². The van der Waals surface area contributed by atoms with E-state index in [-0.39, 0.29) is 23.9 Å². The van der Waals surface area contributed by atoms with E-state index in [1.54, 1.807) is 20.3 Å². The van der Waals surface area contributed by atoms with Crippen LogP contribution < -0.4 is 9.64 Å². The lowest BCUT2D eigenvalue weighted by molar-refractivity contribution is -0.00675. The Bertz CT molecular complexity index is 1460. The van der Waals surface area contributed by atoms with Crippen LogP contribution in [0.2, 0.25) is 5.02 Å². The van der Waals surface area contributed by atoms with Crippen molar-refractivity contribution >= 4 is 33.8 Å². The van der Waals surface area contributed by atoms with Crippen molar-refractivity contribution in [3.63, 3.8) is 0 Å². The molecule has 0 radical (unpaired) electrons. The van der Waals surface area contributed by atoms with Gasteiger partial charge in [0.25, 0.3) is 5.91 Å². The molecule has 2 aromatic carbocycles. The van der Waals surface area contributed by atoms with E-state index in [1.165, 1.54) is 11.1 Å². The SMILES string of the molecule is COCCOCCO[C@H]1/C=C/[C@H](OC)[C@@H]2CC[C@H]2CN2Cc3ccc(Cl)cc3CCCCOc3ccc(cc32)C(=O)/N=[SH](=O)\C[C@H]1C. The van der Waals surface area contributed by atoms with Gasteiger partial charge in [-0.2, -0.15) is 4.36 Å². The number of ether oxygens (including phenoxy) is 5. The predicted molar refractivity (Wildman–Crippen MR) is 186 cm³/mol. The summed E-state index contributed by atoms with van der Waals surface area (Å²) < 4.78 is 46.7. The number of benzene rings is 2. The molecule has 3 aliphatic rings. The van der Waals surface area contributed by atoms with E-state index >= 15 is 0 Å².